The zero-order valence-corrected chi connectivity index (χ0v) is 7.32. The van der Waals surface area contributed by atoms with Gasteiger partial charge in [-0.2, -0.15) is 5.11 Å². The number of hydrogen-bond acceptors (Lipinski definition) is 3. The Labute approximate surface area is 73.0 Å². The summed E-state index contributed by atoms with van der Waals surface area (Å²) < 4.78 is 0. The molecule has 0 aromatic carbocycles. The molecule has 0 spiro atoms. The molecule has 0 aromatic heterocycles. The molecule has 1 atom stereocenters. The van der Waals surface area contributed by atoms with Gasteiger partial charge in [-0.25, -0.2) is 0 Å². The molecular weight excluding hydrogens is 150 g/mol. The first-order valence-electron chi connectivity index (χ1n) is 4.88. The SMILES string of the molecule is C1=NN=NC1CC1CCCCC1. The van der Waals surface area contributed by atoms with Gasteiger partial charge in [-0.1, -0.05) is 32.1 Å². The fraction of sp³-hybridized carbons (Fsp3) is 0.889. The maximum absolute atomic E-state index is 4.03. The summed E-state index contributed by atoms with van der Waals surface area (Å²) in [6, 6.07) is 0.299. The second kappa shape index (κ2) is 3.78. The van der Waals surface area contributed by atoms with Crippen molar-refractivity contribution in [2.24, 2.45) is 21.4 Å². The summed E-state index contributed by atoms with van der Waals surface area (Å²) in [5.41, 5.74) is 0. The maximum Gasteiger partial charge on any atom is 0.110 e. The van der Waals surface area contributed by atoms with Gasteiger partial charge in [-0.15, -0.1) is 5.10 Å². The van der Waals surface area contributed by atoms with Crippen LogP contribution in [0.2, 0.25) is 0 Å². The number of nitrogens with zero attached hydrogens (tertiary/aromatic N) is 3. The Morgan fingerprint density at radius 3 is 2.67 bits per heavy atom. The molecule has 1 heterocycles. The molecule has 0 radical (unpaired) electrons. The van der Waals surface area contributed by atoms with Crippen molar-refractivity contribution >= 4 is 6.21 Å². The van der Waals surface area contributed by atoms with Crippen molar-refractivity contribution in [1.82, 2.24) is 0 Å². The largest absolute Gasteiger partial charge is 0.160 e. The van der Waals surface area contributed by atoms with Gasteiger partial charge < -0.3 is 0 Å². The van der Waals surface area contributed by atoms with E-state index in [1.807, 2.05) is 6.21 Å². The molecule has 1 fully saturated rings. The van der Waals surface area contributed by atoms with E-state index in [9.17, 15) is 0 Å². The first-order valence-corrected chi connectivity index (χ1v) is 4.88. The second-order valence-corrected chi connectivity index (χ2v) is 3.78. The highest BCUT2D eigenvalue weighted by atomic mass is 15.4. The smallest absolute Gasteiger partial charge is 0.110 e. The summed E-state index contributed by atoms with van der Waals surface area (Å²) in [6.45, 7) is 0. The molecular formula is C9H15N3. The fourth-order valence-electron chi connectivity index (χ4n) is 2.11. The van der Waals surface area contributed by atoms with Gasteiger partial charge in [0.1, 0.15) is 6.04 Å². The maximum atomic E-state index is 4.03. The van der Waals surface area contributed by atoms with Gasteiger partial charge >= 0.3 is 0 Å². The lowest BCUT2D eigenvalue weighted by Crippen LogP contribution is -2.14. The average Bonchev–Trinajstić information content (AvgIpc) is 2.59. The van der Waals surface area contributed by atoms with Crippen LogP contribution in [0.1, 0.15) is 38.5 Å². The van der Waals surface area contributed by atoms with Crippen molar-refractivity contribution in [2.75, 3.05) is 0 Å². The standard InChI is InChI=1S/C9H15N3/c1-2-4-8(5-3-1)6-9-7-10-12-11-9/h7-9H,1-6H2. The van der Waals surface area contributed by atoms with Crippen LogP contribution < -0.4 is 0 Å². The molecule has 1 aliphatic carbocycles. The van der Waals surface area contributed by atoms with Crippen LogP contribution in [0.3, 0.4) is 0 Å². The summed E-state index contributed by atoms with van der Waals surface area (Å²) in [7, 11) is 0. The van der Waals surface area contributed by atoms with Crippen LogP contribution in [-0.4, -0.2) is 12.3 Å². The first-order chi connectivity index (χ1) is 5.95. The quantitative estimate of drug-likeness (QED) is 0.603. The van der Waals surface area contributed by atoms with E-state index < -0.39 is 0 Å². The highest BCUT2D eigenvalue weighted by Crippen LogP contribution is 2.28. The Morgan fingerprint density at radius 1 is 1.17 bits per heavy atom. The molecule has 2 aliphatic rings. The van der Waals surface area contributed by atoms with E-state index >= 15 is 0 Å². The average molecular weight is 165 g/mol. The molecule has 1 saturated carbocycles. The zero-order chi connectivity index (χ0) is 8.23. The Balaban J connectivity index is 1.77. The van der Waals surface area contributed by atoms with Gasteiger partial charge in [0.05, 0.1) is 6.21 Å². The predicted octanol–water partition coefficient (Wildman–Crippen LogP) is 2.78. The Bertz CT molecular complexity index is 180. The third-order valence-corrected chi connectivity index (χ3v) is 2.79. The van der Waals surface area contributed by atoms with Crippen molar-refractivity contribution in [2.45, 2.75) is 44.6 Å². The van der Waals surface area contributed by atoms with Gasteiger partial charge in [-0.05, 0) is 17.6 Å². The van der Waals surface area contributed by atoms with Crippen LogP contribution in [0, 0.1) is 5.92 Å². The second-order valence-electron chi connectivity index (χ2n) is 3.78. The molecule has 3 heteroatoms. The molecule has 1 aliphatic heterocycles. The van der Waals surface area contributed by atoms with Crippen LogP contribution in [0.15, 0.2) is 15.4 Å². The van der Waals surface area contributed by atoms with Crippen molar-refractivity contribution < 1.29 is 0 Å². The summed E-state index contributed by atoms with van der Waals surface area (Å²) >= 11 is 0. The van der Waals surface area contributed by atoms with Crippen LogP contribution in [0.5, 0.6) is 0 Å². The van der Waals surface area contributed by atoms with Gasteiger partial charge in [0, 0.05) is 0 Å². The zero-order valence-electron chi connectivity index (χ0n) is 7.32. The minimum atomic E-state index is 0.299. The van der Waals surface area contributed by atoms with E-state index in [2.05, 4.69) is 15.4 Å². The van der Waals surface area contributed by atoms with Crippen LogP contribution in [-0.2, 0) is 0 Å². The minimum absolute atomic E-state index is 0.299. The van der Waals surface area contributed by atoms with E-state index in [4.69, 9.17) is 0 Å². The predicted molar refractivity (Wildman–Crippen MR) is 48.3 cm³/mol. The molecule has 0 amide bonds. The summed E-state index contributed by atoms with van der Waals surface area (Å²) in [6.07, 6.45) is 10.1. The summed E-state index contributed by atoms with van der Waals surface area (Å²) in [5.74, 6) is 0.882. The third-order valence-electron chi connectivity index (χ3n) is 2.79. The minimum Gasteiger partial charge on any atom is -0.160 e. The Morgan fingerprint density at radius 2 is 2.00 bits per heavy atom. The molecule has 0 N–H and O–H groups in total. The van der Waals surface area contributed by atoms with E-state index in [0.29, 0.717) is 6.04 Å². The van der Waals surface area contributed by atoms with Gasteiger partial charge in [0.15, 0.2) is 0 Å². The molecule has 2 rings (SSSR count). The fourth-order valence-corrected chi connectivity index (χ4v) is 2.11. The van der Waals surface area contributed by atoms with Crippen molar-refractivity contribution in [3.8, 4) is 0 Å². The van der Waals surface area contributed by atoms with E-state index in [1.165, 1.54) is 38.5 Å². The molecule has 0 saturated heterocycles. The monoisotopic (exact) mass is 165 g/mol. The first kappa shape index (κ1) is 7.90. The van der Waals surface area contributed by atoms with Crippen molar-refractivity contribution in [1.29, 1.82) is 0 Å². The molecule has 1 unspecified atom stereocenters. The van der Waals surface area contributed by atoms with Crippen LogP contribution >= 0.6 is 0 Å². The Hall–Kier alpha value is -0.730. The normalized spacial score (nSPS) is 29.8. The third kappa shape index (κ3) is 1.90. The van der Waals surface area contributed by atoms with Crippen molar-refractivity contribution in [3.63, 3.8) is 0 Å². The lowest BCUT2D eigenvalue weighted by Gasteiger charge is -2.21. The molecule has 66 valence electrons. The van der Waals surface area contributed by atoms with E-state index in [1.54, 1.807) is 0 Å². The highest BCUT2D eigenvalue weighted by molar-refractivity contribution is 5.65. The van der Waals surface area contributed by atoms with Crippen LogP contribution in [0.25, 0.3) is 0 Å². The lowest BCUT2D eigenvalue weighted by atomic mass is 9.85. The molecule has 0 aromatic rings. The lowest BCUT2D eigenvalue weighted by molar-refractivity contribution is 0.334. The van der Waals surface area contributed by atoms with Gasteiger partial charge in [-0.3, -0.25) is 0 Å². The summed E-state index contributed by atoms with van der Waals surface area (Å²) in [4.78, 5) is 0. The van der Waals surface area contributed by atoms with Gasteiger partial charge in [0.25, 0.3) is 0 Å². The van der Waals surface area contributed by atoms with E-state index in [-0.39, 0.29) is 0 Å². The molecule has 12 heavy (non-hydrogen) atoms. The highest BCUT2D eigenvalue weighted by Gasteiger charge is 2.18. The number of rotatable bonds is 2. The van der Waals surface area contributed by atoms with E-state index in [0.717, 1.165) is 5.92 Å². The number of hydrogen-bond donors (Lipinski definition) is 0. The van der Waals surface area contributed by atoms with Crippen molar-refractivity contribution in [3.05, 3.63) is 0 Å². The Kier molecular flexibility index (Phi) is 2.49. The van der Waals surface area contributed by atoms with Gasteiger partial charge in [0.2, 0.25) is 0 Å². The summed E-state index contributed by atoms with van der Waals surface area (Å²) in [5, 5.41) is 11.4. The topological polar surface area (TPSA) is 37.1 Å². The molecule has 3 nitrogen and oxygen atoms in total. The van der Waals surface area contributed by atoms with Crippen LogP contribution in [0.4, 0.5) is 0 Å². The molecule has 0 bridgehead atoms.